The molecule has 0 N–H and O–H groups in total. The molecule has 0 aromatic rings. The molecule has 114 valence electrons. The largest absolute Gasteiger partial charge is 0.299 e. The zero-order valence-corrected chi connectivity index (χ0v) is 13.3. The van der Waals surface area contributed by atoms with Gasteiger partial charge in [-0.3, -0.25) is 9.59 Å². The summed E-state index contributed by atoms with van der Waals surface area (Å²) in [5.41, 5.74) is 1.55. The van der Waals surface area contributed by atoms with Crippen molar-refractivity contribution in [3.63, 3.8) is 0 Å². The van der Waals surface area contributed by atoms with Crippen molar-refractivity contribution in [2.45, 2.75) is 65.2 Å². The average Bonchev–Trinajstić information content (AvgIpc) is 2.80. The summed E-state index contributed by atoms with van der Waals surface area (Å²) in [6, 6.07) is 0. The van der Waals surface area contributed by atoms with Crippen molar-refractivity contribution in [3.8, 4) is 0 Å². The van der Waals surface area contributed by atoms with Crippen LogP contribution in [0.15, 0.2) is 11.6 Å². The third-order valence-corrected chi connectivity index (χ3v) is 7.42. The van der Waals surface area contributed by atoms with Crippen molar-refractivity contribution in [1.29, 1.82) is 0 Å². The first-order valence-electron chi connectivity index (χ1n) is 8.71. The molecule has 0 aliphatic heterocycles. The lowest BCUT2D eigenvalue weighted by atomic mass is 9.47. The zero-order valence-electron chi connectivity index (χ0n) is 13.3. The summed E-state index contributed by atoms with van der Waals surface area (Å²) in [5, 5.41) is 0. The predicted molar refractivity (Wildman–Crippen MR) is 81.7 cm³/mol. The monoisotopic (exact) mass is 286 g/mol. The Morgan fingerprint density at radius 2 is 1.90 bits per heavy atom. The maximum Gasteiger partial charge on any atom is 0.155 e. The lowest BCUT2D eigenvalue weighted by Crippen LogP contribution is -2.53. The number of allylic oxidation sites excluding steroid dienone is 1. The van der Waals surface area contributed by atoms with Crippen LogP contribution in [0.1, 0.15) is 65.2 Å². The summed E-state index contributed by atoms with van der Waals surface area (Å²) in [6.07, 6.45) is 10.2. The van der Waals surface area contributed by atoms with Crippen molar-refractivity contribution in [2.75, 3.05) is 0 Å². The molecule has 3 saturated carbocycles. The van der Waals surface area contributed by atoms with Crippen LogP contribution in [0.4, 0.5) is 0 Å². The van der Waals surface area contributed by atoms with Crippen LogP contribution < -0.4 is 0 Å². The third-order valence-electron chi connectivity index (χ3n) is 7.42. The Kier molecular flexibility index (Phi) is 2.81. The molecule has 5 atom stereocenters. The molecular formula is C19H26O2. The van der Waals surface area contributed by atoms with E-state index in [-0.39, 0.29) is 22.5 Å². The SMILES string of the molecule is C[C@@]12CCC[C@H]1[C@@H]1CCC3=CC(=O)CC[C@]3(C)[C@@H]1C(=O)C2. The number of ketones is 2. The van der Waals surface area contributed by atoms with Gasteiger partial charge in [-0.25, -0.2) is 0 Å². The zero-order chi connectivity index (χ0) is 14.8. The van der Waals surface area contributed by atoms with E-state index in [2.05, 4.69) is 13.8 Å². The van der Waals surface area contributed by atoms with E-state index in [1.54, 1.807) is 0 Å². The van der Waals surface area contributed by atoms with Gasteiger partial charge in [0, 0.05) is 18.8 Å². The second kappa shape index (κ2) is 4.30. The van der Waals surface area contributed by atoms with Gasteiger partial charge in [-0.1, -0.05) is 25.8 Å². The van der Waals surface area contributed by atoms with Gasteiger partial charge in [0.1, 0.15) is 5.78 Å². The normalized spacial score (nSPS) is 49.2. The van der Waals surface area contributed by atoms with E-state index in [1.807, 2.05) is 6.08 Å². The molecule has 0 radical (unpaired) electrons. The highest BCUT2D eigenvalue weighted by atomic mass is 16.1. The molecule has 0 aromatic carbocycles. The van der Waals surface area contributed by atoms with Crippen molar-refractivity contribution >= 4 is 11.6 Å². The van der Waals surface area contributed by atoms with Crippen LogP contribution in [0.25, 0.3) is 0 Å². The molecule has 3 fully saturated rings. The molecule has 4 rings (SSSR count). The quantitative estimate of drug-likeness (QED) is 0.672. The van der Waals surface area contributed by atoms with Gasteiger partial charge in [-0.05, 0) is 60.8 Å². The standard InChI is InChI=1S/C19H26O2/c1-18-8-3-4-15(18)14-6-5-12-10-13(20)7-9-19(12,2)17(14)16(21)11-18/h10,14-15,17H,3-9,11H2,1-2H3/t14-,15-,17-,18-,19-/m0/s1. The highest BCUT2D eigenvalue weighted by molar-refractivity contribution is 5.93. The second-order valence-corrected chi connectivity index (χ2v) is 8.53. The number of Topliss-reactive ketones (excluding diaryl/α,β-unsaturated/α-hetero) is 1. The lowest BCUT2D eigenvalue weighted by Gasteiger charge is -2.56. The highest BCUT2D eigenvalue weighted by Gasteiger charge is 2.59. The average molecular weight is 286 g/mol. The third kappa shape index (κ3) is 1.77. The van der Waals surface area contributed by atoms with Gasteiger partial charge in [0.25, 0.3) is 0 Å². The van der Waals surface area contributed by atoms with Crippen LogP contribution in [0.2, 0.25) is 0 Å². The minimum Gasteiger partial charge on any atom is -0.299 e. The van der Waals surface area contributed by atoms with Crippen LogP contribution in [0.5, 0.6) is 0 Å². The summed E-state index contributed by atoms with van der Waals surface area (Å²) in [6.45, 7) is 4.63. The Morgan fingerprint density at radius 1 is 1.10 bits per heavy atom. The van der Waals surface area contributed by atoms with Crippen LogP contribution in [-0.4, -0.2) is 11.6 Å². The van der Waals surface area contributed by atoms with Crippen molar-refractivity contribution < 1.29 is 9.59 Å². The molecule has 0 aromatic heterocycles. The second-order valence-electron chi connectivity index (χ2n) is 8.53. The molecule has 0 saturated heterocycles. The summed E-state index contributed by atoms with van der Waals surface area (Å²) in [7, 11) is 0. The fraction of sp³-hybridized carbons (Fsp3) is 0.789. The summed E-state index contributed by atoms with van der Waals surface area (Å²) in [4.78, 5) is 24.8. The summed E-state index contributed by atoms with van der Waals surface area (Å²) in [5.74, 6) is 2.30. The molecule has 21 heavy (non-hydrogen) atoms. The molecule has 0 bridgehead atoms. The Bertz CT molecular complexity index is 546. The first kappa shape index (κ1) is 13.7. The topological polar surface area (TPSA) is 34.1 Å². The molecule has 2 nitrogen and oxygen atoms in total. The number of rotatable bonds is 0. The molecule has 0 heterocycles. The molecule has 0 unspecified atom stereocenters. The maximum absolute atomic E-state index is 13.0. The van der Waals surface area contributed by atoms with Crippen LogP contribution >= 0.6 is 0 Å². The van der Waals surface area contributed by atoms with Gasteiger partial charge >= 0.3 is 0 Å². The fourth-order valence-corrected chi connectivity index (χ4v) is 6.39. The molecule has 2 heteroatoms. The summed E-state index contributed by atoms with van der Waals surface area (Å²) >= 11 is 0. The molecule has 0 spiro atoms. The smallest absolute Gasteiger partial charge is 0.155 e. The Hall–Kier alpha value is -0.920. The molecular weight excluding hydrogens is 260 g/mol. The number of hydrogen-bond donors (Lipinski definition) is 0. The van der Waals surface area contributed by atoms with Crippen LogP contribution in [0.3, 0.4) is 0 Å². The Labute approximate surface area is 127 Å². The minimum atomic E-state index is -0.0160. The first-order valence-corrected chi connectivity index (χ1v) is 8.71. The van der Waals surface area contributed by atoms with E-state index in [0.717, 1.165) is 31.6 Å². The highest BCUT2D eigenvalue weighted by Crippen LogP contribution is 2.64. The van der Waals surface area contributed by atoms with E-state index < -0.39 is 0 Å². The van der Waals surface area contributed by atoms with Gasteiger partial charge in [0.05, 0.1) is 0 Å². The first-order chi connectivity index (χ1) is 9.94. The molecule has 4 aliphatic rings. The predicted octanol–water partition coefficient (Wildman–Crippen LogP) is 4.09. The lowest BCUT2D eigenvalue weighted by molar-refractivity contribution is -0.144. The molecule has 0 amide bonds. The Balaban J connectivity index is 1.76. The fourth-order valence-electron chi connectivity index (χ4n) is 6.39. The van der Waals surface area contributed by atoms with E-state index >= 15 is 0 Å². The van der Waals surface area contributed by atoms with E-state index in [1.165, 1.54) is 24.8 Å². The van der Waals surface area contributed by atoms with Gasteiger partial charge in [-0.15, -0.1) is 0 Å². The van der Waals surface area contributed by atoms with Crippen LogP contribution in [-0.2, 0) is 9.59 Å². The van der Waals surface area contributed by atoms with Gasteiger partial charge in [-0.2, -0.15) is 0 Å². The van der Waals surface area contributed by atoms with Crippen LogP contribution in [0, 0.1) is 28.6 Å². The van der Waals surface area contributed by atoms with E-state index in [0.29, 0.717) is 18.1 Å². The number of hydrogen-bond acceptors (Lipinski definition) is 2. The summed E-state index contributed by atoms with van der Waals surface area (Å²) < 4.78 is 0. The van der Waals surface area contributed by atoms with Crippen molar-refractivity contribution in [2.24, 2.45) is 28.6 Å². The maximum atomic E-state index is 13.0. The number of fused-ring (bicyclic) bond motifs is 5. The van der Waals surface area contributed by atoms with Gasteiger partial charge in [0.15, 0.2) is 5.78 Å². The van der Waals surface area contributed by atoms with E-state index in [4.69, 9.17) is 0 Å². The number of carbonyl (C=O) groups is 2. The van der Waals surface area contributed by atoms with Crippen molar-refractivity contribution in [1.82, 2.24) is 0 Å². The van der Waals surface area contributed by atoms with Gasteiger partial charge < -0.3 is 0 Å². The van der Waals surface area contributed by atoms with E-state index in [9.17, 15) is 9.59 Å². The minimum absolute atomic E-state index is 0.0160. The van der Waals surface area contributed by atoms with Gasteiger partial charge in [0.2, 0.25) is 0 Å². The molecule has 4 aliphatic carbocycles. The number of carbonyl (C=O) groups excluding carboxylic acids is 2. The van der Waals surface area contributed by atoms with Crippen molar-refractivity contribution in [3.05, 3.63) is 11.6 Å². The Morgan fingerprint density at radius 3 is 2.71 bits per heavy atom.